The minimum atomic E-state index is -0.485. The highest BCUT2D eigenvalue weighted by Gasteiger charge is 2.11. The van der Waals surface area contributed by atoms with Crippen molar-refractivity contribution in [2.24, 2.45) is 10.9 Å². The van der Waals surface area contributed by atoms with E-state index in [0.717, 1.165) is 9.26 Å². The lowest BCUT2D eigenvalue weighted by atomic mass is 10.1. The molecule has 4 N–H and O–H groups in total. The van der Waals surface area contributed by atoms with Crippen molar-refractivity contribution in [3.63, 3.8) is 0 Å². The molecular formula is C14H13FIN3O. The molecule has 2 aromatic carbocycles. The van der Waals surface area contributed by atoms with Crippen molar-refractivity contribution in [3.05, 3.63) is 63.0 Å². The van der Waals surface area contributed by atoms with Crippen LogP contribution < -0.4 is 11.1 Å². The van der Waals surface area contributed by atoms with Gasteiger partial charge in [-0.15, -0.1) is 0 Å². The summed E-state index contributed by atoms with van der Waals surface area (Å²) in [7, 11) is 0. The van der Waals surface area contributed by atoms with Crippen LogP contribution in [0.2, 0.25) is 0 Å². The fraction of sp³-hybridized carbons (Fsp3) is 0.0714. The Morgan fingerprint density at radius 1 is 1.25 bits per heavy atom. The first-order chi connectivity index (χ1) is 9.61. The normalized spacial score (nSPS) is 11.4. The predicted octanol–water partition coefficient (Wildman–Crippen LogP) is 3.14. The Morgan fingerprint density at radius 3 is 2.60 bits per heavy atom. The number of amidine groups is 1. The van der Waals surface area contributed by atoms with E-state index in [-0.39, 0.29) is 11.4 Å². The van der Waals surface area contributed by atoms with Crippen LogP contribution in [-0.2, 0) is 6.54 Å². The number of nitrogens with two attached hydrogens (primary N) is 1. The maximum absolute atomic E-state index is 14.2. The van der Waals surface area contributed by atoms with Crippen LogP contribution in [0.5, 0.6) is 0 Å². The first-order valence-electron chi connectivity index (χ1n) is 5.86. The van der Waals surface area contributed by atoms with E-state index in [1.54, 1.807) is 12.1 Å². The van der Waals surface area contributed by atoms with Crippen LogP contribution in [-0.4, -0.2) is 11.0 Å². The highest BCUT2D eigenvalue weighted by molar-refractivity contribution is 14.1. The number of benzene rings is 2. The lowest BCUT2D eigenvalue weighted by molar-refractivity contribution is 0.318. The Balaban J connectivity index is 2.16. The molecule has 2 aromatic rings. The van der Waals surface area contributed by atoms with Gasteiger partial charge in [-0.3, -0.25) is 0 Å². The first-order valence-corrected chi connectivity index (χ1v) is 6.94. The van der Waals surface area contributed by atoms with Crippen LogP contribution in [0.15, 0.2) is 47.6 Å². The van der Waals surface area contributed by atoms with Crippen LogP contribution in [0, 0.1) is 9.39 Å². The van der Waals surface area contributed by atoms with Crippen molar-refractivity contribution >= 4 is 34.1 Å². The number of halogens is 2. The molecule has 0 aliphatic heterocycles. The maximum Gasteiger partial charge on any atom is 0.173 e. The van der Waals surface area contributed by atoms with Gasteiger partial charge in [-0.2, -0.15) is 0 Å². The molecule has 0 fully saturated rings. The van der Waals surface area contributed by atoms with Gasteiger partial charge in [-0.05, 0) is 52.9 Å². The molecule has 2 rings (SSSR count). The van der Waals surface area contributed by atoms with E-state index in [2.05, 4.69) is 33.1 Å². The SMILES string of the molecule is N/C(=N/O)c1cccc(CNc2ccc(I)cc2)c1F. The molecule has 0 atom stereocenters. The summed E-state index contributed by atoms with van der Waals surface area (Å²) in [5, 5.41) is 14.6. The van der Waals surface area contributed by atoms with Gasteiger partial charge in [-0.25, -0.2) is 4.39 Å². The molecule has 0 aliphatic rings. The van der Waals surface area contributed by atoms with Crippen LogP contribution >= 0.6 is 22.6 Å². The van der Waals surface area contributed by atoms with Gasteiger partial charge in [0.15, 0.2) is 5.84 Å². The molecule has 0 unspecified atom stereocenters. The van der Waals surface area contributed by atoms with Crippen LogP contribution in [0.4, 0.5) is 10.1 Å². The molecule has 6 heteroatoms. The Labute approximate surface area is 129 Å². The average Bonchev–Trinajstić information content (AvgIpc) is 2.47. The van der Waals surface area contributed by atoms with Gasteiger partial charge in [0.1, 0.15) is 5.82 Å². The zero-order chi connectivity index (χ0) is 14.5. The number of nitrogens with zero attached hydrogens (tertiary/aromatic N) is 1. The number of hydrogen-bond donors (Lipinski definition) is 3. The van der Waals surface area contributed by atoms with E-state index in [0.29, 0.717) is 12.1 Å². The lowest BCUT2D eigenvalue weighted by Gasteiger charge is -2.10. The molecule has 0 saturated heterocycles. The van der Waals surface area contributed by atoms with Gasteiger partial charge in [0.05, 0.1) is 5.56 Å². The summed E-state index contributed by atoms with van der Waals surface area (Å²) in [6.07, 6.45) is 0. The molecule has 0 bridgehead atoms. The Kier molecular flexibility index (Phi) is 4.78. The van der Waals surface area contributed by atoms with E-state index in [4.69, 9.17) is 10.9 Å². The van der Waals surface area contributed by atoms with Crippen molar-refractivity contribution < 1.29 is 9.60 Å². The summed E-state index contributed by atoms with van der Waals surface area (Å²) in [6.45, 7) is 0.318. The number of anilines is 1. The Hall–Kier alpha value is -1.83. The molecule has 20 heavy (non-hydrogen) atoms. The van der Waals surface area contributed by atoms with Crippen LogP contribution in [0.3, 0.4) is 0 Å². The van der Waals surface area contributed by atoms with Gasteiger partial charge in [0.25, 0.3) is 0 Å². The molecule has 0 aromatic heterocycles. The summed E-state index contributed by atoms with van der Waals surface area (Å²) >= 11 is 2.22. The Morgan fingerprint density at radius 2 is 1.95 bits per heavy atom. The zero-order valence-electron chi connectivity index (χ0n) is 10.5. The summed E-state index contributed by atoms with van der Waals surface area (Å²) in [4.78, 5) is 0. The monoisotopic (exact) mass is 385 g/mol. The standard InChI is InChI=1S/C14H13FIN3O/c15-13-9(2-1-3-12(13)14(17)19-20)8-18-11-6-4-10(16)5-7-11/h1-7,18,20H,8H2,(H2,17,19). The third-order valence-corrected chi connectivity index (χ3v) is 3.51. The largest absolute Gasteiger partial charge is 0.409 e. The van der Waals surface area contributed by atoms with Crippen LogP contribution in [0.1, 0.15) is 11.1 Å². The van der Waals surface area contributed by atoms with Crippen LogP contribution in [0.25, 0.3) is 0 Å². The highest BCUT2D eigenvalue weighted by atomic mass is 127. The van der Waals surface area contributed by atoms with Crippen molar-refractivity contribution in [1.82, 2.24) is 0 Å². The molecular weight excluding hydrogens is 372 g/mol. The second kappa shape index (κ2) is 6.56. The molecule has 0 saturated carbocycles. The highest BCUT2D eigenvalue weighted by Crippen LogP contribution is 2.16. The molecule has 104 valence electrons. The van der Waals surface area contributed by atoms with Gasteiger partial charge < -0.3 is 16.3 Å². The van der Waals surface area contributed by atoms with Crippen molar-refractivity contribution in [2.45, 2.75) is 6.54 Å². The fourth-order valence-corrected chi connectivity index (χ4v) is 2.09. The minimum Gasteiger partial charge on any atom is -0.409 e. The molecule has 0 spiro atoms. The van der Waals surface area contributed by atoms with E-state index >= 15 is 0 Å². The molecule has 0 aliphatic carbocycles. The number of rotatable bonds is 4. The third-order valence-electron chi connectivity index (χ3n) is 2.79. The van der Waals surface area contributed by atoms with E-state index in [1.807, 2.05) is 24.3 Å². The van der Waals surface area contributed by atoms with Crippen molar-refractivity contribution in [2.75, 3.05) is 5.32 Å². The zero-order valence-corrected chi connectivity index (χ0v) is 12.6. The van der Waals surface area contributed by atoms with Gasteiger partial charge >= 0.3 is 0 Å². The minimum absolute atomic E-state index is 0.0920. The third kappa shape index (κ3) is 3.38. The van der Waals surface area contributed by atoms with E-state index in [1.165, 1.54) is 6.07 Å². The second-order valence-corrected chi connectivity index (χ2v) is 5.37. The summed E-state index contributed by atoms with van der Waals surface area (Å²) in [5.41, 5.74) is 6.87. The lowest BCUT2D eigenvalue weighted by Crippen LogP contribution is -2.16. The van der Waals surface area contributed by atoms with Gasteiger partial charge in [-0.1, -0.05) is 17.3 Å². The topological polar surface area (TPSA) is 70.6 Å². The smallest absolute Gasteiger partial charge is 0.173 e. The van der Waals surface area contributed by atoms with Crippen molar-refractivity contribution in [3.8, 4) is 0 Å². The average molecular weight is 385 g/mol. The number of nitrogens with one attached hydrogen (secondary N) is 1. The second-order valence-electron chi connectivity index (χ2n) is 4.12. The molecule has 4 nitrogen and oxygen atoms in total. The molecule has 0 heterocycles. The molecule has 0 radical (unpaired) electrons. The quantitative estimate of drug-likeness (QED) is 0.249. The fourth-order valence-electron chi connectivity index (χ4n) is 1.73. The summed E-state index contributed by atoms with van der Waals surface area (Å²) in [5.74, 6) is -0.723. The van der Waals surface area contributed by atoms with E-state index in [9.17, 15) is 4.39 Å². The number of hydrogen-bond acceptors (Lipinski definition) is 3. The predicted molar refractivity (Wildman–Crippen MR) is 85.4 cm³/mol. The summed E-state index contributed by atoms with van der Waals surface area (Å²) < 4.78 is 15.3. The van der Waals surface area contributed by atoms with Crippen molar-refractivity contribution in [1.29, 1.82) is 0 Å². The van der Waals surface area contributed by atoms with Gasteiger partial charge in [0, 0.05) is 21.4 Å². The maximum atomic E-state index is 14.2. The summed E-state index contributed by atoms with van der Waals surface area (Å²) in [6, 6.07) is 12.6. The van der Waals surface area contributed by atoms with E-state index < -0.39 is 5.82 Å². The Bertz CT molecular complexity index is 629. The van der Waals surface area contributed by atoms with Gasteiger partial charge in [0.2, 0.25) is 0 Å². The molecule has 0 amide bonds. The number of oxime groups is 1. The first kappa shape index (κ1) is 14.6.